The maximum Gasteiger partial charge on any atom is 0.331 e. The summed E-state index contributed by atoms with van der Waals surface area (Å²) in [7, 11) is 0. The molecule has 0 aromatic rings. The Balaban J connectivity index is 3.68. The molecule has 0 aliphatic rings. The lowest BCUT2D eigenvalue weighted by Crippen LogP contribution is -1.80. The fraction of sp³-hybridized carbons (Fsp3) is 0.400. The van der Waals surface area contributed by atoms with Gasteiger partial charge in [-0.25, -0.2) is 0 Å². The first kappa shape index (κ1) is 6.03. The maximum atomic E-state index is 5.06. The molecule has 0 amide bonds. The van der Waals surface area contributed by atoms with Crippen molar-refractivity contribution in [2.75, 3.05) is 0 Å². The molecule has 7 heavy (non-hydrogen) atoms. The molecule has 0 unspecified atom stereocenters. The van der Waals surface area contributed by atoms with E-state index in [-0.39, 0.29) is 0 Å². The molecular weight excluding hydrogens is 88.1 g/mol. The molecule has 0 rings (SSSR count). The topological polar surface area (TPSA) is 30.4 Å². The zero-order chi connectivity index (χ0) is 5.70. The summed E-state index contributed by atoms with van der Waals surface area (Å²) >= 11 is 0. The van der Waals surface area contributed by atoms with Gasteiger partial charge in [0.2, 0.25) is 0 Å². The van der Waals surface area contributed by atoms with Crippen molar-refractivity contribution >= 4 is 0 Å². The molecule has 2 heteroatoms. The van der Waals surface area contributed by atoms with Crippen LogP contribution in [0.3, 0.4) is 0 Å². The van der Waals surface area contributed by atoms with Crippen LogP contribution in [-0.4, -0.2) is 0 Å². The average molecular weight is 97.1 g/mol. The fourth-order valence-electron chi connectivity index (χ4n) is 0.252. The van der Waals surface area contributed by atoms with Crippen LogP contribution in [0, 0.1) is 6.57 Å². The van der Waals surface area contributed by atoms with Gasteiger partial charge >= 0.3 is 5.70 Å². The Kier molecular flexibility index (Phi) is 2.78. The Bertz CT molecular complexity index is 108. The molecule has 2 N–H and O–H groups in total. The molecule has 0 aromatic heterocycles. The number of nitrogens with zero attached hydrogens (tertiary/aromatic N) is 1. The summed E-state index contributed by atoms with van der Waals surface area (Å²) in [5, 5.41) is 0. The van der Waals surface area contributed by atoms with Crippen molar-refractivity contribution in [2.24, 2.45) is 5.73 Å². The molecular formula is C5H9N2+. The van der Waals surface area contributed by atoms with Crippen LogP contribution in [0.15, 0.2) is 11.9 Å². The number of hydrogen-bond acceptors (Lipinski definition) is 1. The smallest absolute Gasteiger partial charge is 0.331 e. The third-order valence-corrected chi connectivity index (χ3v) is 0.720. The SMILES string of the molecule is C#[N+]/C(=C\N)CC. The van der Waals surface area contributed by atoms with Gasteiger partial charge in [-0.1, -0.05) is 6.92 Å². The van der Waals surface area contributed by atoms with E-state index >= 15 is 0 Å². The first-order chi connectivity index (χ1) is 3.35. The van der Waals surface area contributed by atoms with E-state index in [0.29, 0.717) is 0 Å². The third-order valence-electron chi connectivity index (χ3n) is 0.720. The van der Waals surface area contributed by atoms with E-state index in [0.717, 1.165) is 12.1 Å². The van der Waals surface area contributed by atoms with Gasteiger partial charge in [-0.05, 0) is 4.85 Å². The van der Waals surface area contributed by atoms with Crippen molar-refractivity contribution in [2.45, 2.75) is 13.3 Å². The van der Waals surface area contributed by atoms with Crippen molar-refractivity contribution in [1.82, 2.24) is 0 Å². The molecule has 0 bridgehead atoms. The number of hydrogen-bond donors (Lipinski definition) is 1. The van der Waals surface area contributed by atoms with E-state index in [2.05, 4.69) is 4.85 Å². The lowest BCUT2D eigenvalue weighted by molar-refractivity contribution is 1.14. The van der Waals surface area contributed by atoms with Crippen molar-refractivity contribution < 1.29 is 0 Å². The Hall–Kier alpha value is -0.970. The van der Waals surface area contributed by atoms with Gasteiger partial charge in [0.1, 0.15) is 0 Å². The summed E-state index contributed by atoms with van der Waals surface area (Å²) in [6, 6.07) is 0. The quantitative estimate of drug-likeness (QED) is 0.523. The second kappa shape index (κ2) is 3.23. The Morgan fingerprint density at radius 3 is 2.57 bits per heavy atom. The van der Waals surface area contributed by atoms with Gasteiger partial charge in [-0.3, -0.25) is 0 Å². The lowest BCUT2D eigenvalue weighted by Gasteiger charge is -1.70. The normalized spacial score (nSPS) is 10.6. The highest BCUT2D eigenvalue weighted by atomic mass is 14.7. The number of allylic oxidation sites excluding steroid dienone is 1. The van der Waals surface area contributed by atoms with Crippen LogP contribution < -0.4 is 5.73 Å². The van der Waals surface area contributed by atoms with Crippen molar-refractivity contribution in [3.05, 3.63) is 16.7 Å². The molecule has 0 atom stereocenters. The summed E-state index contributed by atoms with van der Waals surface area (Å²) in [5.41, 5.74) is 5.79. The van der Waals surface area contributed by atoms with E-state index in [4.69, 9.17) is 12.3 Å². The molecule has 0 heterocycles. The largest absolute Gasteiger partial charge is 0.399 e. The molecule has 0 spiro atoms. The predicted octanol–water partition coefficient (Wildman–Crippen LogP) is 1.16. The van der Waals surface area contributed by atoms with Gasteiger partial charge in [-0.15, -0.1) is 0 Å². The van der Waals surface area contributed by atoms with Crippen LogP contribution in [0.2, 0.25) is 0 Å². The zero-order valence-corrected chi connectivity index (χ0v) is 4.39. The number of nitrogens with two attached hydrogens (primary N) is 1. The van der Waals surface area contributed by atoms with Gasteiger partial charge < -0.3 is 5.73 Å². The highest BCUT2D eigenvalue weighted by Gasteiger charge is 1.95. The van der Waals surface area contributed by atoms with Crippen LogP contribution in [0.1, 0.15) is 13.3 Å². The van der Waals surface area contributed by atoms with Crippen molar-refractivity contribution in [1.29, 1.82) is 0 Å². The summed E-state index contributed by atoms with van der Waals surface area (Å²) in [6.45, 7) is 6.81. The van der Waals surface area contributed by atoms with Gasteiger partial charge in [0.25, 0.3) is 6.57 Å². The van der Waals surface area contributed by atoms with E-state index in [1.54, 1.807) is 0 Å². The minimum Gasteiger partial charge on any atom is -0.399 e. The summed E-state index contributed by atoms with van der Waals surface area (Å²) in [5.74, 6) is 0. The van der Waals surface area contributed by atoms with E-state index in [1.165, 1.54) is 6.20 Å². The van der Waals surface area contributed by atoms with E-state index in [9.17, 15) is 0 Å². The molecule has 0 fully saturated rings. The molecule has 0 aliphatic heterocycles. The van der Waals surface area contributed by atoms with E-state index < -0.39 is 0 Å². The zero-order valence-electron chi connectivity index (χ0n) is 4.39. The lowest BCUT2D eigenvalue weighted by atomic mass is 10.4. The molecule has 0 aliphatic carbocycles. The monoisotopic (exact) mass is 97.1 g/mol. The molecule has 0 radical (unpaired) electrons. The van der Waals surface area contributed by atoms with Gasteiger partial charge in [0.15, 0.2) is 0 Å². The fourth-order valence-corrected chi connectivity index (χ4v) is 0.252. The molecule has 38 valence electrons. The first-order valence-corrected chi connectivity index (χ1v) is 2.16. The Morgan fingerprint density at radius 1 is 2.00 bits per heavy atom. The Morgan fingerprint density at radius 2 is 2.57 bits per heavy atom. The van der Waals surface area contributed by atoms with Crippen molar-refractivity contribution in [3.63, 3.8) is 0 Å². The standard InChI is InChI=1S/C5H9N2/c1-3-5(4-6)7-2/h2,4H,3,6H2,1H3/q+1/b5-4-. The van der Waals surface area contributed by atoms with Gasteiger partial charge in [0, 0.05) is 0 Å². The minimum atomic E-state index is 0.736. The number of rotatable bonds is 1. The van der Waals surface area contributed by atoms with Gasteiger partial charge in [-0.2, -0.15) is 0 Å². The minimum absolute atomic E-state index is 0.736. The maximum absolute atomic E-state index is 5.06. The third kappa shape index (κ3) is 1.83. The first-order valence-electron chi connectivity index (χ1n) is 2.16. The molecule has 0 saturated heterocycles. The molecule has 0 saturated carbocycles. The summed E-state index contributed by atoms with van der Waals surface area (Å²) in [4.78, 5) is 3.36. The second-order valence-corrected chi connectivity index (χ2v) is 1.14. The van der Waals surface area contributed by atoms with Crippen LogP contribution in [0.25, 0.3) is 4.85 Å². The van der Waals surface area contributed by atoms with Gasteiger partial charge in [0.05, 0.1) is 12.6 Å². The summed E-state index contributed by atoms with van der Waals surface area (Å²) < 4.78 is 0. The second-order valence-electron chi connectivity index (χ2n) is 1.14. The van der Waals surface area contributed by atoms with Crippen molar-refractivity contribution in [3.8, 4) is 6.57 Å². The van der Waals surface area contributed by atoms with Crippen LogP contribution >= 0.6 is 0 Å². The average Bonchev–Trinajstić information content (AvgIpc) is 1.72. The Labute approximate surface area is 43.5 Å². The summed E-state index contributed by atoms with van der Waals surface area (Å²) in [6.07, 6.45) is 2.20. The molecule has 2 nitrogen and oxygen atoms in total. The predicted molar refractivity (Wildman–Crippen MR) is 30.9 cm³/mol. The highest BCUT2D eigenvalue weighted by molar-refractivity contribution is 5.08. The highest BCUT2D eigenvalue weighted by Crippen LogP contribution is 1.96. The van der Waals surface area contributed by atoms with Crippen LogP contribution in [0.4, 0.5) is 0 Å². The molecule has 0 aromatic carbocycles. The van der Waals surface area contributed by atoms with E-state index in [1.807, 2.05) is 6.92 Å². The van der Waals surface area contributed by atoms with Crippen LogP contribution in [0.5, 0.6) is 0 Å². The van der Waals surface area contributed by atoms with Crippen LogP contribution in [-0.2, 0) is 0 Å².